The van der Waals surface area contributed by atoms with Gasteiger partial charge in [-0.1, -0.05) is 24.6 Å². The van der Waals surface area contributed by atoms with Crippen molar-refractivity contribution in [1.29, 1.82) is 0 Å². The number of phenolic OH excluding ortho intramolecular Hbond substituents is 1. The van der Waals surface area contributed by atoms with E-state index in [4.69, 9.17) is 11.6 Å². The molecule has 0 fully saturated rings. The zero-order valence-corrected chi connectivity index (χ0v) is 11.8. The Kier molecular flexibility index (Phi) is 4.64. The molecule has 1 atom stereocenters. The number of rotatable bonds is 5. The fraction of sp³-hybridized carbons (Fsp3) is 0.286. The van der Waals surface area contributed by atoms with Gasteiger partial charge in [-0.25, -0.2) is 0 Å². The second kappa shape index (κ2) is 6.23. The van der Waals surface area contributed by atoms with Crippen molar-refractivity contribution in [2.75, 3.05) is 0 Å². The second-order valence-electron chi connectivity index (χ2n) is 4.13. The van der Waals surface area contributed by atoms with Crippen LogP contribution in [0.1, 0.15) is 29.8 Å². The van der Waals surface area contributed by atoms with Crippen LogP contribution in [0.3, 0.4) is 0 Å². The van der Waals surface area contributed by atoms with Crippen LogP contribution >= 0.6 is 22.9 Å². The van der Waals surface area contributed by atoms with Crippen LogP contribution in [0.2, 0.25) is 5.02 Å². The largest absolute Gasteiger partial charge is 0.508 e. The minimum Gasteiger partial charge on any atom is -0.508 e. The minimum absolute atomic E-state index is 0.285. The van der Waals surface area contributed by atoms with Gasteiger partial charge in [-0.15, -0.1) is 11.3 Å². The van der Waals surface area contributed by atoms with E-state index >= 15 is 0 Å². The molecule has 0 bridgehead atoms. The Hall–Kier alpha value is -1.03. The highest BCUT2D eigenvalue weighted by atomic mass is 35.5. The van der Waals surface area contributed by atoms with Gasteiger partial charge in [0.1, 0.15) is 5.75 Å². The number of halogens is 1. The molecule has 2 rings (SSSR count). The molecule has 4 heteroatoms. The highest BCUT2D eigenvalue weighted by Crippen LogP contribution is 2.25. The molecule has 0 spiro atoms. The lowest BCUT2D eigenvalue weighted by atomic mass is 10.1. The van der Waals surface area contributed by atoms with Crippen LogP contribution in [0.5, 0.6) is 5.75 Å². The third-order valence-electron chi connectivity index (χ3n) is 2.88. The number of benzene rings is 1. The average molecular weight is 282 g/mol. The van der Waals surface area contributed by atoms with Gasteiger partial charge in [0.05, 0.1) is 0 Å². The third kappa shape index (κ3) is 3.25. The number of phenols is 1. The number of hydrogen-bond donors (Lipinski definition) is 2. The van der Waals surface area contributed by atoms with Gasteiger partial charge in [-0.2, -0.15) is 0 Å². The SMILES string of the molecule is CCC(NCc1cc(Cl)ccc1O)c1cccs1. The molecule has 18 heavy (non-hydrogen) atoms. The van der Waals surface area contributed by atoms with Crippen LogP contribution in [0, 0.1) is 0 Å². The van der Waals surface area contributed by atoms with E-state index in [-0.39, 0.29) is 5.75 Å². The maximum atomic E-state index is 9.76. The summed E-state index contributed by atoms with van der Waals surface area (Å²) in [6.45, 7) is 2.76. The summed E-state index contributed by atoms with van der Waals surface area (Å²) < 4.78 is 0. The molecule has 1 aromatic heterocycles. The number of aromatic hydroxyl groups is 1. The molecule has 0 saturated carbocycles. The summed E-state index contributed by atoms with van der Waals surface area (Å²) in [6, 6.07) is 9.63. The Labute approximate surface area is 116 Å². The first-order chi connectivity index (χ1) is 8.70. The van der Waals surface area contributed by atoms with Crippen molar-refractivity contribution in [1.82, 2.24) is 5.32 Å². The maximum Gasteiger partial charge on any atom is 0.120 e. The predicted molar refractivity (Wildman–Crippen MR) is 77.3 cm³/mol. The van der Waals surface area contributed by atoms with E-state index in [1.54, 1.807) is 29.5 Å². The number of thiophene rings is 1. The van der Waals surface area contributed by atoms with Gasteiger partial charge in [0, 0.05) is 28.0 Å². The van der Waals surface area contributed by atoms with Crippen molar-refractivity contribution < 1.29 is 5.11 Å². The molecule has 0 aliphatic rings. The predicted octanol–water partition coefficient (Wildman–Crippen LogP) is 4.35. The van der Waals surface area contributed by atoms with Gasteiger partial charge < -0.3 is 10.4 Å². The number of hydrogen-bond acceptors (Lipinski definition) is 3. The molecular formula is C14H16ClNOS. The van der Waals surface area contributed by atoms with Crippen molar-refractivity contribution in [3.63, 3.8) is 0 Å². The van der Waals surface area contributed by atoms with Crippen molar-refractivity contribution in [3.8, 4) is 5.75 Å². The quantitative estimate of drug-likeness (QED) is 0.854. The van der Waals surface area contributed by atoms with Gasteiger partial charge >= 0.3 is 0 Å². The van der Waals surface area contributed by atoms with Crippen molar-refractivity contribution >= 4 is 22.9 Å². The molecule has 0 aliphatic heterocycles. The molecule has 96 valence electrons. The summed E-state index contributed by atoms with van der Waals surface area (Å²) in [7, 11) is 0. The molecule has 0 aliphatic carbocycles. The van der Waals surface area contributed by atoms with Crippen LogP contribution in [0.15, 0.2) is 35.7 Å². The van der Waals surface area contributed by atoms with Gasteiger partial charge in [0.15, 0.2) is 0 Å². The lowest BCUT2D eigenvalue weighted by Gasteiger charge is -2.16. The van der Waals surface area contributed by atoms with Gasteiger partial charge in [-0.05, 0) is 36.1 Å². The lowest BCUT2D eigenvalue weighted by molar-refractivity contribution is 0.456. The summed E-state index contributed by atoms with van der Waals surface area (Å²) in [5.74, 6) is 0.285. The summed E-state index contributed by atoms with van der Waals surface area (Å²) in [4.78, 5) is 1.32. The zero-order chi connectivity index (χ0) is 13.0. The minimum atomic E-state index is 0.285. The average Bonchev–Trinajstić information content (AvgIpc) is 2.88. The van der Waals surface area contributed by atoms with E-state index < -0.39 is 0 Å². The van der Waals surface area contributed by atoms with Gasteiger partial charge in [-0.3, -0.25) is 0 Å². The Balaban J connectivity index is 2.04. The Morgan fingerprint density at radius 3 is 2.89 bits per heavy atom. The van der Waals surface area contributed by atoms with E-state index in [1.165, 1.54) is 4.88 Å². The Bertz CT molecular complexity index is 499. The Morgan fingerprint density at radius 1 is 1.39 bits per heavy atom. The summed E-state index contributed by atoms with van der Waals surface area (Å²) in [6.07, 6.45) is 1.02. The molecule has 1 unspecified atom stereocenters. The normalized spacial score (nSPS) is 12.6. The first-order valence-electron chi connectivity index (χ1n) is 5.95. The van der Waals surface area contributed by atoms with Crippen LogP contribution < -0.4 is 5.32 Å². The van der Waals surface area contributed by atoms with E-state index in [2.05, 4.69) is 29.8 Å². The van der Waals surface area contributed by atoms with Gasteiger partial charge in [0.2, 0.25) is 0 Å². The fourth-order valence-electron chi connectivity index (χ4n) is 1.86. The third-order valence-corrected chi connectivity index (χ3v) is 4.10. The van der Waals surface area contributed by atoms with Crippen LogP contribution in [0.4, 0.5) is 0 Å². The standard InChI is InChI=1S/C14H16ClNOS/c1-2-12(14-4-3-7-18-14)16-9-10-8-11(15)5-6-13(10)17/h3-8,12,16-17H,2,9H2,1H3. The highest BCUT2D eigenvalue weighted by molar-refractivity contribution is 7.10. The topological polar surface area (TPSA) is 32.3 Å². The number of nitrogens with one attached hydrogen (secondary N) is 1. The summed E-state index contributed by atoms with van der Waals surface area (Å²) in [5, 5.41) is 15.9. The Morgan fingerprint density at radius 2 is 2.22 bits per heavy atom. The van der Waals surface area contributed by atoms with E-state index in [1.807, 2.05) is 0 Å². The van der Waals surface area contributed by atoms with Gasteiger partial charge in [0.25, 0.3) is 0 Å². The molecule has 2 N–H and O–H groups in total. The van der Waals surface area contributed by atoms with Crippen molar-refractivity contribution in [2.45, 2.75) is 25.9 Å². The van der Waals surface area contributed by atoms with Crippen molar-refractivity contribution in [2.24, 2.45) is 0 Å². The van der Waals surface area contributed by atoms with E-state index in [0.717, 1.165) is 12.0 Å². The molecular weight excluding hydrogens is 266 g/mol. The lowest BCUT2D eigenvalue weighted by Crippen LogP contribution is -2.19. The summed E-state index contributed by atoms with van der Waals surface area (Å²) >= 11 is 7.68. The molecule has 2 aromatic rings. The van der Waals surface area contributed by atoms with Crippen molar-refractivity contribution in [3.05, 3.63) is 51.2 Å². The monoisotopic (exact) mass is 281 g/mol. The maximum absolute atomic E-state index is 9.76. The zero-order valence-electron chi connectivity index (χ0n) is 10.2. The second-order valence-corrected chi connectivity index (χ2v) is 5.55. The smallest absolute Gasteiger partial charge is 0.120 e. The molecule has 0 radical (unpaired) electrons. The first kappa shape index (κ1) is 13.4. The van der Waals surface area contributed by atoms with E-state index in [0.29, 0.717) is 17.6 Å². The highest BCUT2D eigenvalue weighted by Gasteiger charge is 2.10. The molecule has 0 amide bonds. The van der Waals surface area contributed by atoms with Crippen LogP contribution in [0.25, 0.3) is 0 Å². The fourth-order valence-corrected chi connectivity index (χ4v) is 2.94. The molecule has 1 aromatic carbocycles. The molecule has 0 saturated heterocycles. The van der Waals surface area contributed by atoms with Crippen LogP contribution in [-0.2, 0) is 6.54 Å². The summed E-state index contributed by atoms with van der Waals surface area (Å²) in [5.41, 5.74) is 0.831. The molecule has 1 heterocycles. The molecule has 2 nitrogen and oxygen atoms in total. The van der Waals surface area contributed by atoms with Crippen LogP contribution in [-0.4, -0.2) is 5.11 Å². The van der Waals surface area contributed by atoms with E-state index in [9.17, 15) is 5.11 Å². The first-order valence-corrected chi connectivity index (χ1v) is 7.20.